The summed E-state index contributed by atoms with van der Waals surface area (Å²) in [5, 5.41) is 5.71. The van der Waals surface area contributed by atoms with E-state index in [0.29, 0.717) is 42.4 Å². The number of carbonyl (C=O) groups excluding carboxylic acids is 2. The van der Waals surface area contributed by atoms with E-state index >= 15 is 0 Å². The summed E-state index contributed by atoms with van der Waals surface area (Å²) in [6.45, 7) is 3.13. The highest BCUT2D eigenvalue weighted by Gasteiger charge is 2.16. The summed E-state index contributed by atoms with van der Waals surface area (Å²) in [6.07, 6.45) is 1.57. The van der Waals surface area contributed by atoms with E-state index in [9.17, 15) is 9.59 Å². The smallest absolute Gasteiger partial charge is 0.261 e. The predicted octanol–water partition coefficient (Wildman–Crippen LogP) is 3.40. The molecular formula is C24H24N4O4. The summed E-state index contributed by atoms with van der Waals surface area (Å²) in [7, 11) is 0. The molecule has 1 aliphatic heterocycles. The highest BCUT2D eigenvalue weighted by atomic mass is 16.5. The fraction of sp³-hybridized carbons (Fsp3) is 0.208. The number of rotatable bonds is 7. The molecule has 0 bridgehead atoms. The molecular weight excluding hydrogens is 408 g/mol. The number of hydrogen-bond acceptors (Lipinski definition) is 6. The van der Waals surface area contributed by atoms with Crippen LogP contribution in [0.2, 0.25) is 0 Å². The Bertz CT molecular complexity index is 1050. The van der Waals surface area contributed by atoms with Gasteiger partial charge in [0.1, 0.15) is 11.3 Å². The van der Waals surface area contributed by atoms with Gasteiger partial charge in [0.15, 0.2) is 0 Å². The molecule has 3 aromatic rings. The number of nitrogens with zero attached hydrogens (tertiary/aromatic N) is 2. The number of anilines is 2. The molecule has 0 spiro atoms. The lowest BCUT2D eigenvalue weighted by molar-refractivity contribution is -0.118. The van der Waals surface area contributed by atoms with Crippen LogP contribution in [0.15, 0.2) is 72.9 Å². The quantitative estimate of drug-likeness (QED) is 0.595. The molecule has 2 amide bonds. The predicted molar refractivity (Wildman–Crippen MR) is 121 cm³/mol. The zero-order valence-corrected chi connectivity index (χ0v) is 17.5. The minimum absolute atomic E-state index is 0.0817. The fourth-order valence-corrected chi connectivity index (χ4v) is 3.24. The molecule has 1 fully saturated rings. The first-order valence-electron chi connectivity index (χ1n) is 10.4. The maximum atomic E-state index is 12.8. The number of ether oxygens (including phenoxy) is 2. The zero-order chi connectivity index (χ0) is 22.2. The monoisotopic (exact) mass is 432 g/mol. The van der Waals surface area contributed by atoms with E-state index in [-0.39, 0.29) is 17.7 Å². The van der Waals surface area contributed by atoms with Crippen LogP contribution in [0.1, 0.15) is 10.4 Å². The normalized spacial score (nSPS) is 13.9. The minimum Gasteiger partial charge on any atom is -0.438 e. The topological polar surface area (TPSA) is 92.8 Å². The Hall–Kier alpha value is -3.75. The molecule has 164 valence electrons. The first-order chi connectivity index (χ1) is 15.7. The van der Waals surface area contributed by atoms with Gasteiger partial charge < -0.3 is 20.1 Å². The van der Waals surface area contributed by atoms with E-state index in [2.05, 4.69) is 20.5 Å². The first-order valence-corrected chi connectivity index (χ1v) is 10.4. The van der Waals surface area contributed by atoms with Crippen LogP contribution in [0, 0.1) is 0 Å². The van der Waals surface area contributed by atoms with Gasteiger partial charge >= 0.3 is 0 Å². The lowest BCUT2D eigenvalue weighted by Gasteiger charge is -2.25. The van der Waals surface area contributed by atoms with Crippen LogP contribution < -0.4 is 15.4 Å². The van der Waals surface area contributed by atoms with Crippen molar-refractivity contribution in [1.82, 2.24) is 9.88 Å². The molecule has 32 heavy (non-hydrogen) atoms. The third kappa shape index (κ3) is 5.90. The molecule has 4 rings (SSSR count). The van der Waals surface area contributed by atoms with E-state index in [1.807, 2.05) is 18.2 Å². The third-order valence-electron chi connectivity index (χ3n) is 4.87. The Morgan fingerprint density at radius 1 is 0.906 bits per heavy atom. The number of benzene rings is 2. The molecule has 8 heteroatoms. The molecule has 1 aliphatic rings. The lowest BCUT2D eigenvalue weighted by atomic mass is 10.2. The highest BCUT2D eigenvalue weighted by Crippen LogP contribution is 2.24. The average molecular weight is 432 g/mol. The van der Waals surface area contributed by atoms with Crippen LogP contribution in [0.25, 0.3) is 0 Å². The van der Waals surface area contributed by atoms with E-state index in [1.54, 1.807) is 54.7 Å². The maximum absolute atomic E-state index is 12.8. The first kappa shape index (κ1) is 21.5. The van der Waals surface area contributed by atoms with Crippen molar-refractivity contribution in [3.63, 3.8) is 0 Å². The van der Waals surface area contributed by atoms with Crippen LogP contribution in [0.4, 0.5) is 11.4 Å². The second-order valence-electron chi connectivity index (χ2n) is 7.24. The summed E-state index contributed by atoms with van der Waals surface area (Å²) in [4.78, 5) is 31.3. The van der Waals surface area contributed by atoms with Gasteiger partial charge in [0.05, 0.1) is 19.8 Å². The van der Waals surface area contributed by atoms with E-state index in [1.165, 1.54) is 0 Å². The number of amides is 2. The molecule has 0 atom stereocenters. The standard InChI is InChI=1S/C24H24N4O4/c29-22(17-28-13-15-31-16-14-28)26-18-8-10-19(11-9-18)27-23(30)21-7-4-12-25-24(21)32-20-5-2-1-3-6-20/h1-12H,13-17H2,(H,26,29)(H,27,30). The lowest BCUT2D eigenvalue weighted by Crippen LogP contribution is -2.41. The van der Waals surface area contributed by atoms with Crippen molar-refractivity contribution >= 4 is 23.2 Å². The summed E-state index contributed by atoms with van der Waals surface area (Å²) in [5.74, 6) is 0.399. The summed E-state index contributed by atoms with van der Waals surface area (Å²) in [6, 6.07) is 19.5. The molecule has 1 aromatic heterocycles. The number of carbonyl (C=O) groups is 2. The van der Waals surface area contributed by atoms with Crippen molar-refractivity contribution in [2.75, 3.05) is 43.5 Å². The van der Waals surface area contributed by atoms with Gasteiger partial charge in [-0.15, -0.1) is 0 Å². The average Bonchev–Trinajstić information content (AvgIpc) is 2.82. The maximum Gasteiger partial charge on any atom is 0.261 e. The molecule has 0 saturated carbocycles. The molecule has 8 nitrogen and oxygen atoms in total. The molecule has 2 aromatic carbocycles. The van der Waals surface area contributed by atoms with Crippen molar-refractivity contribution in [1.29, 1.82) is 0 Å². The Morgan fingerprint density at radius 2 is 1.59 bits per heavy atom. The minimum atomic E-state index is -0.340. The molecule has 0 unspecified atom stereocenters. The van der Waals surface area contributed by atoms with Crippen molar-refractivity contribution in [2.24, 2.45) is 0 Å². The number of morpholine rings is 1. The Balaban J connectivity index is 1.35. The largest absolute Gasteiger partial charge is 0.438 e. The second kappa shape index (κ2) is 10.5. The van der Waals surface area contributed by atoms with Crippen molar-refractivity contribution in [3.8, 4) is 11.6 Å². The van der Waals surface area contributed by atoms with Gasteiger partial charge in [0.25, 0.3) is 5.91 Å². The van der Waals surface area contributed by atoms with Crippen LogP contribution in [-0.2, 0) is 9.53 Å². The Morgan fingerprint density at radius 3 is 2.31 bits per heavy atom. The van der Waals surface area contributed by atoms with Crippen LogP contribution in [0.5, 0.6) is 11.6 Å². The summed E-state index contributed by atoms with van der Waals surface area (Å²) < 4.78 is 11.1. The number of pyridine rings is 1. The van der Waals surface area contributed by atoms with Gasteiger partial charge in [-0.25, -0.2) is 4.98 Å². The van der Waals surface area contributed by atoms with Crippen LogP contribution >= 0.6 is 0 Å². The summed E-state index contributed by atoms with van der Waals surface area (Å²) >= 11 is 0. The molecule has 0 radical (unpaired) electrons. The van der Waals surface area contributed by atoms with Crippen molar-refractivity contribution in [2.45, 2.75) is 0 Å². The number of nitrogens with one attached hydrogen (secondary N) is 2. The van der Waals surface area contributed by atoms with Gasteiger partial charge in [-0.05, 0) is 48.5 Å². The van der Waals surface area contributed by atoms with Crippen molar-refractivity contribution < 1.29 is 19.1 Å². The van der Waals surface area contributed by atoms with Crippen LogP contribution in [0.3, 0.4) is 0 Å². The van der Waals surface area contributed by atoms with Gasteiger partial charge in [-0.2, -0.15) is 0 Å². The number of hydrogen-bond donors (Lipinski definition) is 2. The SMILES string of the molecule is O=C(CN1CCOCC1)Nc1ccc(NC(=O)c2cccnc2Oc2ccccc2)cc1. The van der Waals surface area contributed by atoms with Gasteiger partial charge in [0, 0.05) is 30.7 Å². The van der Waals surface area contributed by atoms with Crippen LogP contribution in [-0.4, -0.2) is 54.5 Å². The van der Waals surface area contributed by atoms with Gasteiger partial charge in [-0.3, -0.25) is 14.5 Å². The zero-order valence-electron chi connectivity index (χ0n) is 17.5. The summed E-state index contributed by atoms with van der Waals surface area (Å²) in [5.41, 5.74) is 1.57. The number of para-hydroxylation sites is 1. The Kier molecular flexibility index (Phi) is 7.06. The second-order valence-corrected chi connectivity index (χ2v) is 7.24. The van der Waals surface area contributed by atoms with E-state index in [4.69, 9.17) is 9.47 Å². The fourth-order valence-electron chi connectivity index (χ4n) is 3.24. The highest BCUT2D eigenvalue weighted by molar-refractivity contribution is 6.06. The Labute approximate surface area is 186 Å². The molecule has 1 saturated heterocycles. The molecule has 2 heterocycles. The molecule has 0 aliphatic carbocycles. The van der Waals surface area contributed by atoms with Gasteiger partial charge in [0.2, 0.25) is 11.8 Å². The third-order valence-corrected chi connectivity index (χ3v) is 4.87. The number of aromatic nitrogens is 1. The van der Waals surface area contributed by atoms with Gasteiger partial charge in [-0.1, -0.05) is 18.2 Å². The molecule has 2 N–H and O–H groups in total. The van der Waals surface area contributed by atoms with Crippen molar-refractivity contribution in [3.05, 3.63) is 78.5 Å². The van der Waals surface area contributed by atoms with E-state index in [0.717, 1.165) is 13.1 Å². The van der Waals surface area contributed by atoms with E-state index < -0.39 is 0 Å².